The molecule has 1 atom stereocenters. The van der Waals surface area contributed by atoms with Crippen LogP contribution in [-0.4, -0.2) is 59.0 Å². The van der Waals surface area contributed by atoms with Gasteiger partial charge in [-0.1, -0.05) is 0 Å². The lowest BCUT2D eigenvalue weighted by Crippen LogP contribution is -2.43. The second kappa shape index (κ2) is 9.21. The molecule has 0 aliphatic carbocycles. The minimum absolute atomic E-state index is 0.160. The van der Waals surface area contributed by atoms with Crippen molar-refractivity contribution in [1.82, 2.24) is 14.9 Å². The number of morpholine rings is 1. The molecule has 33 heavy (non-hydrogen) atoms. The molecule has 0 saturated carbocycles. The molecule has 180 valence electrons. The number of aryl methyl sites for hydroxylation is 3. The van der Waals surface area contributed by atoms with Gasteiger partial charge in [0, 0.05) is 30.9 Å². The van der Waals surface area contributed by atoms with Gasteiger partial charge in [0.1, 0.15) is 28.0 Å². The molecule has 1 fully saturated rings. The van der Waals surface area contributed by atoms with Crippen molar-refractivity contribution in [1.29, 1.82) is 0 Å². The molecule has 1 aliphatic heterocycles. The van der Waals surface area contributed by atoms with Crippen LogP contribution in [0.2, 0.25) is 0 Å². The van der Waals surface area contributed by atoms with Gasteiger partial charge in [-0.05, 0) is 38.5 Å². The van der Waals surface area contributed by atoms with Gasteiger partial charge in [-0.25, -0.2) is 9.97 Å². The van der Waals surface area contributed by atoms with Gasteiger partial charge >= 0.3 is 6.18 Å². The molecular weight excluding hydrogens is 457 g/mol. The maximum Gasteiger partial charge on any atom is 0.424 e. The Balaban J connectivity index is 1.59. The van der Waals surface area contributed by atoms with E-state index in [2.05, 4.69) is 15.2 Å². The van der Waals surface area contributed by atoms with Gasteiger partial charge < -0.3 is 19.6 Å². The van der Waals surface area contributed by atoms with Crippen LogP contribution >= 0.6 is 11.3 Å². The van der Waals surface area contributed by atoms with Crippen molar-refractivity contribution in [3.8, 4) is 0 Å². The number of furan rings is 1. The van der Waals surface area contributed by atoms with Crippen LogP contribution in [0.15, 0.2) is 16.5 Å². The van der Waals surface area contributed by atoms with Crippen molar-refractivity contribution in [3.05, 3.63) is 39.9 Å². The van der Waals surface area contributed by atoms with Gasteiger partial charge in [0.15, 0.2) is 0 Å². The summed E-state index contributed by atoms with van der Waals surface area (Å²) in [6.07, 6.45) is -5.52. The van der Waals surface area contributed by atoms with E-state index >= 15 is 0 Å². The summed E-state index contributed by atoms with van der Waals surface area (Å²) in [6, 6.07) is 2.57. The van der Waals surface area contributed by atoms with Crippen molar-refractivity contribution < 1.29 is 27.4 Å². The molecule has 0 bridgehead atoms. The van der Waals surface area contributed by atoms with E-state index in [1.807, 2.05) is 13.8 Å². The van der Waals surface area contributed by atoms with E-state index in [1.54, 1.807) is 0 Å². The number of anilines is 1. The Morgan fingerprint density at radius 2 is 1.88 bits per heavy atom. The van der Waals surface area contributed by atoms with Gasteiger partial charge in [-0.3, -0.25) is 4.90 Å². The number of hydrogen-bond acceptors (Lipinski definition) is 8. The molecule has 0 amide bonds. The Labute approximate surface area is 193 Å². The lowest BCUT2D eigenvalue weighted by Gasteiger charge is -2.29. The van der Waals surface area contributed by atoms with Gasteiger partial charge in [0.25, 0.3) is 0 Å². The first-order valence-electron chi connectivity index (χ1n) is 10.7. The summed E-state index contributed by atoms with van der Waals surface area (Å²) in [7, 11) is 0. The number of alkyl halides is 3. The van der Waals surface area contributed by atoms with E-state index in [4.69, 9.17) is 14.1 Å². The first kappa shape index (κ1) is 23.9. The first-order valence-corrected chi connectivity index (χ1v) is 11.6. The molecule has 0 spiro atoms. The molecule has 11 heteroatoms. The predicted octanol–water partition coefficient (Wildman–Crippen LogP) is 4.29. The van der Waals surface area contributed by atoms with Crippen LogP contribution in [0.4, 0.5) is 19.0 Å². The number of aliphatic hydroxyl groups is 1. The monoisotopic (exact) mass is 484 g/mol. The number of rotatable bonds is 7. The third-order valence-corrected chi connectivity index (χ3v) is 7.04. The predicted molar refractivity (Wildman–Crippen MR) is 119 cm³/mol. The lowest BCUT2D eigenvalue weighted by molar-refractivity contribution is -0.274. The van der Waals surface area contributed by atoms with Crippen LogP contribution in [0.3, 0.4) is 0 Å². The summed E-state index contributed by atoms with van der Waals surface area (Å²) < 4.78 is 51.9. The third kappa shape index (κ3) is 4.86. The smallest absolute Gasteiger partial charge is 0.424 e. The highest BCUT2D eigenvalue weighted by molar-refractivity contribution is 7.18. The summed E-state index contributed by atoms with van der Waals surface area (Å²) in [4.78, 5) is 13.4. The highest BCUT2D eigenvalue weighted by Crippen LogP contribution is 2.42. The Hall–Kier alpha value is -2.21. The molecule has 0 radical (unpaired) electrons. The van der Waals surface area contributed by atoms with E-state index in [1.165, 1.54) is 30.4 Å². The van der Waals surface area contributed by atoms with Crippen molar-refractivity contribution in [2.75, 3.05) is 38.2 Å². The second-order valence-electron chi connectivity index (χ2n) is 8.29. The fourth-order valence-corrected chi connectivity index (χ4v) is 4.92. The van der Waals surface area contributed by atoms with Crippen LogP contribution in [0.25, 0.3) is 10.2 Å². The highest BCUT2D eigenvalue weighted by Gasteiger charge is 2.56. The number of thiophene rings is 1. The van der Waals surface area contributed by atoms with Crippen molar-refractivity contribution in [2.45, 2.75) is 45.5 Å². The topological polar surface area (TPSA) is 83.7 Å². The van der Waals surface area contributed by atoms with Crippen molar-refractivity contribution in [3.63, 3.8) is 0 Å². The molecule has 3 aromatic heterocycles. The molecule has 1 aliphatic rings. The second-order valence-corrected chi connectivity index (χ2v) is 9.49. The number of aromatic nitrogens is 2. The minimum Gasteiger partial charge on any atom is -0.463 e. The maximum absolute atomic E-state index is 13.8. The molecule has 2 N–H and O–H groups in total. The standard InChI is InChI=1S/C22H27F3N4O3S/c1-13-4-5-16(32-13)21(30,22(23,24)25)6-7-26-19-18-14(2)15(3)33-20(18)28-17(27-19)12-29-8-10-31-11-9-29/h4-5,30H,6-12H2,1-3H3,(H,26,27,28)/t21-/m1/s1. The Bertz CT molecular complexity index is 1120. The molecule has 4 heterocycles. The molecular formula is C22H27F3N4O3S. The largest absolute Gasteiger partial charge is 0.463 e. The summed E-state index contributed by atoms with van der Waals surface area (Å²) in [6.45, 7) is 8.67. The van der Waals surface area contributed by atoms with Gasteiger partial charge in [-0.2, -0.15) is 13.2 Å². The average Bonchev–Trinajstić information content (AvgIpc) is 3.31. The van der Waals surface area contributed by atoms with E-state index in [0.29, 0.717) is 37.2 Å². The molecule has 7 nitrogen and oxygen atoms in total. The number of hydrogen-bond donors (Lipinski definition) is 2. The van der Waals surface area contributed by atoms with Crippen LogP contribution in [0, 0.1) is 20.8 Å². The molecule has 3 aromatic rings. The van der Waals surface area contributed by atoms with E-state index < -0.39 is 24.0 Å². The Morgan fingerprint density at radius 3 is 2.52 bits per heavy atom. The fraction of sp³-hybridized carbons (Fsp3) is 0.545. The quantitative estimate of drug-likeness (QED) is 0.518. The number of nitrogens with one attached hydrogen (secondary N) is 1. The minimum atomic E-state index is -4.89. The SMILES string of the molecule is Cc1ccc([C@](O)(CCNc2nc(CN3CCOCC3)nc3sc(C)c(C)c23)C(F)(F)F)o1. The van der Waals surface area contributed by atoms with Crippen LogP contribution in [0.5, 0.6) is 0 Å². The molecule has 1 saturated heterocycles. The number of fused-ring (bicyclic) bond motifs is 1. The highest BCUT2D eigenvalue weighted by atomic mass is 32.1. The van der Waals surface area contributed by atoms with Crippen molar-refractivity contribution >= 4 is 27.4 Å². The van der Waals surface area contributed by atoms with E-state index in [-0.39, 0.29) is 6.54 Å². The zero-order chi connectivity index (χ0) is 23.8. The van der Waals surface area contributed by atoms with Gasteiger partial charge in [-0.15, -0.1) is 11.3 Å². The third-order valence-electron chi connectivity index (χ3n) is 5.94. The molecule has 4 rings (SSSR count). The van der Waals surface area contributed by atoms with Gasteiger partial charge in [0.2, 0.25) is 5.60 Å². The van der Waals surface area contributed by atoms with E-state index in [0.717, 1.165) is 33.7 Å². The lowest BCUT2D eigenvalue weighted by atomic mass is 9.95. The normalized spacial score (nSPS) is 17.4. The summed E-state index contributed by atoms with van der Waals surface area (Å²) in [5, 5.41) is 14.4. The first-order chi connectivity index (χ1) is 15.6. The summed E-state index contributed by atoms with van der Waals surface area (Å²) in [5.41, 5.74) is -2.11. The van der Waals surface area contributed by atoms with Gasteiger partial charge in [0.05, 0.1) is 25.1 Å². The summed E-state index contributed by atoms with van der Waals surface area (Å²) >= 11 is 1.53. The van der Waals surface area contributed by atoms with Crippen molar-refractivity contribution in [2.24, 2.45) is 0 Å². The molecule has 0 aromatic carbocycles. The van der Waals surface area contributed by atoms with Crippen LogP contribution in [0.1, 0.15) is 34.2 Å². The Morgan fingerprint density at radius 1 is 1.15 bits per heavy atom. The number of ether oxygens (including phenoxy) is 1. The zero-order valence-electron chi connectivity index (χ0n) is 18.8. The number of nitrogens with zero attached hydrogens (tertiary/aromatic N) is 3. The maximum atomic E-state index is 13.8. The van der Waals surface area contributed by atoms with Crippen LogP contribution < -0.4 is 5.32 Å². The Kier molecular flexibility index (Phi) is 6.68. The summed E-state index contributed by atoms with van der Waals surface area (Å²) in [5.74, 6) is 0.860. The molecule has 0 unspecified atom stereocenters. The zero-order valence-corrected chi connectivity index (χ0v) is 19.6. The number of halogens is 3. The van der Waals surface area contributed by atoms with E-state index in [9.17, 15) is 18.3 Å². The van der Waals surface area contributed by atoms with Crippen LogP contribution in [-0.2, 0) is 16.9 Å². The average molecular weight is 485 g/mol. The fourth-order valence-electron chi connectivity index (χ4n) is 3.87.